The number of oxime groups is 1. The molecule has 0 fully saturated rings. The first-order chi connectivity index (χ1) is 14.4. The number of nitrogens with zero attached hydrogens (tertiary/aromatic N) is 3. The molecule has 2 aromatic carbocycles. The molecule has 0 atom stereocenters. The molecule has 0 bridgehead atoms. The highest BCUT2D eigenvalue weighted by Crippen LogP contribution is 2.13. The quantitative estimate of drug-likeness (QED) is 0.223. The Morgan fingerprint density at radius 2 is 1.87 bits per heavy atom. The molecule has 0 spiro atoms. The maximum absolute atomic E-state index is 12.3. The Morgan fingerprint density at radius 3 is 2.53 bits per heavy atom. The summed E-state index contributed by atoms with van der Waals surface area (Å²) in [6.07, 6.45) is 3.52. The first kappa shape index (κ1) is 21.1. The number of carbonyl (C=O) groups excluding carboxylic acids is 2. The molecule has 30 heavy (non-hydrogen) atoms. The second-order valence-corrected chi connectivity index (χ2v) is 7.11. The second-order valence-electron chi connectivity index (χ2n) is 6.19. The van der Waals surface area contributed by atoms with Crippen LogP contribution in [0.2, 0.25) is 0 Å². The summed E-state index contributed by atoms with van der Waals surface area (Å²) >= 11 is 3.34. The van der Waals surface area contributed by atoms with E-state index in [9.17, 15) is 9.59 Å². The van der Waals surface area contributed by atoms with Gasteiger partial charge in [-0.15, -0.1) is 0 Å². The molecule has 1 heterocycles. The molecule has 9 nitrogen and oxygen atoms in total. The first-order valence-corrected chi connectivity index (χ1v) is 9.53. The van der Waals surface area contributed by atoms with Crippen LogP contribution < -0.4 is 16.2 Å². The van der Waals surface area contributed by atoms with Crippen molar-refractivity contribution in [1.82, 2.24) is 9.78 Å². The number of hydrogen-bond donors (Lipinski definition) is 2. The Bertz CT molecular complexity index is 1080. The number of carbonyl (C=O) groups is 2. The summed E-state index contributed by atoms with van der Waals surface area (Å²) in [5, 5.41) is 7.89. The molecule has 0 aliphatic heterocycles. The van der Waals surface area contributed by atoms with Crippen molar-refractivity contribution in [3.05, 3.63) is 82.1 Å². The van der Waals surface area contributed by atoms with Crippen LogP contribution in [0.4, 0.5) is 0 Å². The smallest absolute Gasteiger partial charge is 0.365 e. The lowest BCUT2D eigenvalue weighted by Crippen LogP contribution is -2.20. The minimum atomic E-state index is -0.636. The molecule has 0 aliphatic carbocycles. The number of amidine groups is 1. The molecule has 0 saturated carbocycles. The predicted octanol–water partition coefficient (Wildman–Crippen LogP) is 2.04. The van der Waals surface area contributed by atoms with E-state index in [4.69, 9.17) is 21.0 Å². The number of aromatic nitrogens is 2. The van der Waals surface area contributed by atoms with Crippen molar-refractivity contribution in [3.8, 4) is 5.75 Å². The summed E-state index contributed by atoms with van der Waals surface area (Å²) in [5.41, 5.74) is 12.6. The van der Waals surface area contributed by atoms with Gasteiger partial charge in [-0.3, -0.25) is 9.48 Å². The van der Waals surface area contributed by atoms with Crippen LogP contribution in [0.1, 0.15) is 21.5 Å². The molecule has 154 valence electrons. The van der Waals surface area contributed by atoms with Crippen molar-refractivity contribution in [3.63, 3.8) is 0 Å². The minimum absolute atomic E-state index is 0.0161. The van der Waals surface area contributed by atoms with Gasteiger partial charge < -0.3 is 21.0 Å². The largest absolute Gasteiger partial charge is 0.484 e. The van der Waals surface area contributed by atoms with E-state index in [1.54, 1.807) is 53.3 Å². The van der Waals surface area contributed by atoms with Gasteiger partial charge in [0.2, 0.25) is 0 Å². The van der Waals surface area contributed by atoms with Gasteiger partial charge in [0.25, 0.3) is 5.91 Å². The van der Waals surface area contributed by atoms with Gasteiger partial charge in [0, 0.05) is 11.8 Å². The third kappa shape index (κ3) is 5.92. The first-order valence-electron chi connectivity index (χ1n) is 8.74. The van der Waals surface area contributed by atoms with Crippen LogP contribution in [0.15, 0.2) is 70.6 Å². The number of primary amides is 1. The SMILES string of the molecule is NC(=O)COc1ccc(/C(N)=N/OC(=O)c2cccc(Cn3cc(Br)cn3)c2)cc1. The van der Waals surface area contributed by atoms with Gasteiger partial charge in [0.1, 0.15) is 5.75 Å². The van der Waals surface area contributed by atoms with E-state index in [1.807, 2.05) is 12.3 Å². The van der Waals surface area contributed by atoms with Crippen LogP contribution in [0.3, 0.4) is 0 Å². The Balaban J connectivity index is 1.62. The minimum Gasteiger partial charge on any atom is -0.484 e. The normalized spacial score (nSPS) is 11.2. The van der Waals surface area contributed by atoms with E-state index in [1.165, 1.54) is 0 Å². The molecular formula is C20H18BrN5O4. The molecule has 1 aromatic heterocycles. The number of nitrogens with two attached hydrogens (primary N) is 2. The Labute approximate surface area is 180 Å². The molecule has 10 heteroatoms. The molecule has 0 radical (unpaired) electrons. The fraction of sp³-hybridized carbons (Fsp3) is 0.100. The average Bonchev–Trinajstić information content (AvgIpc) is 3.15. The van der Waals surface area contributed by atoms with Crippen molar-refractivity contribution in [2.24, 2.45) is 16.6 Å². The van der Waals surface area contributed by atoms with Crippen LogP contribution in [0.5, 0.6) is 5.75 Å². The lowest BCUT2D eigenvalue weighted by atomic mass is 10.1. The predicted molar refractivity (Wildman–Crippen MR) is 113 cm³/mol. The molecule has 3 rings (SSSR count). The van der Waals surface area contributed by atoms with E-state index in [0.717, 1.165) is 10.0 Å². The molecule has 0 saturated heterocycles. The monoisotopic (exact) mass is 471 g/mol. The molecule has 3 aromatic rings. The summed E-state index contributed by atoms with van der Waals surface area (Å²) in [4.78, 5) is 28.0. The molecule has 4 N–H and O–H groups in total. The van der Waals surface area contributed by atoms with Crippen LogP contribution in [0, 0.1) is 0 Å². The van der Waals surface area contributed by atoms with Crippen molar-refractivity contribution in [2.45, 2.75) is 6.54 Å². The van der Waals surface area contributed by atoms with E-state index < -0.39 is 11.9 Å². The van der Waals surface area contributed by atoms with Crippen molar-refractivity contribution < 1.29 is 19.2 Å². The Hall–Kier alpha value is -3.66. The fourth-order valence-electron chi connectivity index (χ4n) is 2.48. The molecule has 1 amide bonds. The van der Waals surface area contributed by atoms with Crippen molar-refractivity contribution >= 4 is 33.6 Å². The number of ether oxygens (including phenoxy) is 1. The van der Waals surface area contributed by atoms with Gasteiger partial charge in [-0.2, -0.15) is 5.10 Å². The fourth-order valence-corrected chi connectivity index (χ4v) is 2.81. The summed E-state index contributed by atoms with van der Waals surface area (Å²) < 4.78 is 7.77. The summed E-state index contributed by atoms with van der Waals surface area (Å²) in [7, 11) is 0. The van der Waals surface area contributed by atoms with Crippen LogP contribution in [-0.4, -0.2) is 34.1 Å². The van der Waals surface area contributed by atoms with Crippen molar-refractivity contribution in [2.75, 3.05) is 6.61 Å². The van der Waals surface area contributed by atoms with Crippen LogP contribution in [-0.2, 0) is 16.2 Å². The van der Waals surface area contributed by atoms with E-state index in [0.29, 0.717) is 23.4 Å². The standard InChI is InChI=1S/C20H18BrN5O4/c21-16-9-24-26(11-16)10-13-2-1-3-15(8-13)20(28)30-25-19(23)14-4-6-17(7-5-14)29-12-18(22)27/h1-9,11H,10,12H2,(H2,22,27)(H2,23,25). The van der Waals surface area contributed by atoms with Crippen LogP contribution >= 0.6 is 15.9 Å². The molecule has 0 unspecified atom stereocenters. The zero-order valence-corrected chi connectivity index (χ0v) is 17.3. The number of hydrogen-bond acceptors (Lipinski definition) is 6. The van der Waals surface area contributed by atoms with Gasteiger partial charge >= 0.3 is 5.97 Å². The highest BCUT2D eigenvalue weighted by molar-refractivity contribution is 9.10. The van der Waals surface area contributed by atoms with E-state index >= 15 is 0 Å². The Kier molecular flexibility index (Phi) is 6.81. The van der Waals surface area contributed by atoms with Crippen molar-refractivity contribution in [1.29, 1.82) is 0 Å². The maximum Gasteiger partial charge on any atom is 0.365 e. The lowest BCUT2D eigenvalue weighted by Gasteiger charge is -2.06. The highest BCUT2D eigenvalue weighted by atomic mass is 79.9. The summed E-state index contributed by atoms with van der Waals surface area (Å²) in [6.45, 7) is 0.277. The zero-order valence-electron chi connectivity index (χ0n) is 15.7. The topological polar surface area (TPSA) is 135 Å². The van der Waals surface area contributed by atoms with Gasteiger partial charge in [-0.1, -0.05) is 17.3 Å². The number of rotatable bonds is 8. The number of benzene rings is 2. The summed E-state index contributed by atoms with van der Waals surface area (Å²) in [6, 6.07) is 13.4. The third-order valence-electron chi connectivity index (χ3n) is 3.87. The molecule has 0 aliphatic rings. The van der Waals surface area contributed by atoms with Gasteiger partial charge in [0.15, 0.2) is 12.4 Å². The van der Waals surface area contributed by atoms with E-state index in [2.05, 4.69) is 26.2 Å². The second kappa shape index (κ2) is 9.70. The number of halogens is 1. The third-order valence-corrected chi connectivity index (χ3v) is 4.28. The zero-order chi connectivity index (χ0) is 21.5. The van der Waals surface area contributed by atoms with Crippen LogP contribution in [0.25, 0.3) is 0 Å². The highest BCUT2D eigenvalue weighted by Gasteiger charge is 2.10. The molecular weight excluding hydrogens is 454 g/mol. The Morgan fingerprint density at radius 1 is 1.10 bits per heavy atom. The summed E-state index contributed by atoms with van der Waals surface area (Å²) in [5.74, 6) is -0.748. The lowest BCUT2D eigenvalue weighted by molar-refractivity contribution is -0.119. The average molecular weight is 472 g/mol. The maximum atomic E-state index is 12.3. The number of amides is 1. The van der Waals surface area contributed by atoms with Gasteiger partial charge in [0.05, 0.1) is 22.8 Å². The van der Waals surface area contributed by atoms with E-state index in [-0.39, 0.29) is 12.4 Å². The van der Waals surface area contributed by atoms with Gasteiger partial charge in [-0.25, -0.2) is 4.79 Å². The van der Waals surface area contributed by atoms with Gasteiger partial charge in [-0.05, 0) is 57.9 Å².